The number of hydrogen-bond donors (Lipinski definition) is 3. The predicted molar refractivity (Wildman–Crippen MR) is 78.2 cm³/mol. The van der Waals surface area contributed by atoms with E-state index in [9.17, 15) is 9.18 Å². The number of carbonyl (C=O) groups is 1. The van der Waals surface area contributed by atoms with Crippen molar-refractivity contribution in [1.82, 2.24) is 5.32 Å². The van der Waals surface area contributed by atoms with E-state index < -0.39 is 11.7 Å². The fourth-order valence-electron chi connectivity index (χ4n) is 1.48. The molecule has 2 rings (SSSR count). The average molecular weight is 290 g/mol. The average Bonchev–Trinajstić information content (AvgIpc) is 2.42. The monoisotopic (exact) mass is 290 g/mol. The van der Waals surface area contributed by atoms with Crippen LogP contribution in [0.4, 0.5) is 10.1 Å². The van der Waals surface area contributed by atoms with Crippen LogP contribution in [0.1, 0.15) is 10.4 Å². The number of anilines is 1. The second-order valence-electron chi connectivity index (χ2n) is 3.96. The summed E-state index contributed by atoms with van der Waals surface area (Å²) >= 11 is 4.99. The standard InChI is InChI=1S/C14H11FN2O2S/c15-10-3-1-9(2-4-10)13(19)17-14(20)16-11-5-7-12(18)8-6-11/h1-8,18H,(H2,16,17,19,20). The van der Waals surface area contributed by atoms with Crippen molar-refractivity contribution in [1.29, 1.82) is 0 Å². The van der Waals surface area contributed by atoms with Crippen molar-refractivity contribution in [2.75, 3.05) is 5.32 Å². The second-order valence-corrected chi connectivity index (χ2v) is 4.37. The van der Waals surface area contributed by atoms with Crippen molar-refractivity contribution in [3.8, 4) is 5.75 Å². The van der Waals surface area contributed by atoms with E-state index in [0.717, 1.165) is 0 Å². The lowest BCUT2D eigenvalue weighted by atomic mass is 10.2. The van der Waals surface area contributed by atoms with Crippen molar-refractivity contribution < 1.29 is 14.3 Å². The lowest BCUT2D eigenvalue weighted by Crippen LogP contribution is -2.34. The van der Waals surface area contributed by atoms with Gasteiger partial charge in [0, 0.05) is 11.3 Å². The number of nitrogens with one attached hydrogen (secondary N) is 2. The van der Waals surface area contributed by atoms with Crippen molar-refractivity contribution in [3.05, 3.63) is 59.9 Å². The highest BCUT2D eigenvalue weighted by Gasteiger charge is 2.07. The maximum Gasteiger partial charge on any atom is 0.257 e. The Kier molecular flexibility index (Phi) is 4.27. The molecule has 0 aliphatic heterocycles. The number of amides is 1. The van der Waals surface area contributed by atoms with Crippen molar-refractivity contribution >= 4 is 28.9 Å². The predicted octanol–water partition coefficient (Wildman–Crippen LogP) is 2.66. The first kappa shape index (κ1) is 14.0. The molecular weight excluding hydrogens is 279 g/mol. The first-order valence-corrected chi connectivity index (χ1v) is 6.12. The Morgan fingerprint density at radius 3 is 2.25 bits per heavy atom. The molecule has 4 nitrogen and oxygen atoms in total. The molecule has 1 amide bonds. The number of rotatable bonds is 2. The first-order valence-electron chi connectivity index (χ1n) is 5.71. The number of phenols is 1. The highest BCUT2D eigenvalue weighted by molar-refractivity contribution is 7.80. The van der Waals surface area contributed by atoms with Crippen LogP contribution in [0.3, 0.4) is 0 Å². The summed E-state index contributed by atoms with van der Waals surface area (Å²) in [4.78, 5) is 11.8. The highest BCUT2D eigenvalue weighted by Crippen LogP contribution is 2.13. The Labute approximate surface area is 120 Å². The van der Waals surface area contributed by atoms with E-state index in [1.54, 1.807) is 12.1 Å². The maximum absolute atomic E-state index is 12.7. The van der Waals surface area contributed by atoms with Crippen molar-refractivity contribution in [2.45, 2.75) is 0 Å². The van der Waals surface area contributed by atoms with Crippen LogP contribution in [-0.4, -0.2) is 16.1 Å². The lowest BCUT2D eigenvalue weighted by molar-refractivity contribution is 0.0977. The fraction of sp³-hybridized carbons (Fsp3) is 0. The van der Waals surface area contributed by atoms with E-state index in [4.69, 9.17) is 17.3 Å². The number of phenolic OH excluding ortho intramolecular Hbond substituents is 1. The van der Waals surface area contributed by atoms with Crippen LogP contribution in [0.15, 0.2) is 48.5 Å². The summed E-state index contributed by atoms with van der Waals surface area (Å²) < 4.78 is 12.7. The zero-order valence-electron chi connectivity index (χ0n) is 10.3. The number of hydrogen-bond acceptors (Lipinski definition) is 3. The van der Waals surface area contributed by atoms with Gasteiger partial charge in [0.05, 0.1) is 0 Å². The molecule has 0 fully saturated rings. The molecule has 6 heteroatoms. The summed E-state index contributed by atoms with van der Waals surface area (Å²) in [6.07, 6.45) is 0. The van der Waals surface area contributed by atoms with Crippen LogP contribution in [0.25, 0.3) is 0 Å². The molecule has 0 aliphatic carbocycles. The van der Waals surface area contributed by atoms with E-state index in [2.05, 4.69) is 10.6 Å². The first-order chi connectivity index (χ1) is 9.54. The summed E-state index contributed by atoms with van der Waals surface area (Å²) in [5, 5.41) is 14.5. The van der Waals surface area contributed by atoms with Crippen molar-refractivity contribution in [3.63, 3.8) is 0 Å². The maximum atomic E-state index is 12.7. The molecule has 0 aliphatic rings. The van der Waals surface area contributed by atoms with Gasteiger partial charge in [-0.25, -0.2) is 4.39 Å². The summed E-state index contributed by atoms with van der Waals surface area (Å²) in [6.45, 7) is 0. The summed E-state index contributed by atoms with van der Waals surface area (Å²) in [5.74, 6) is -0.704. The van der Waals surface area contributed by atoms with E-state index in [1.165, 1.54) is 36.4 Å². The molecule has 0 heterocycles. The van der Waals surface area contributed by atoms with Gasteiger partial charge >= 0.3 is 0 Å². The highest BCUT2D eigenvalue weighted by atomic mass is 32.1. The van der Waals surface area contributed by atoms with Gasteiger partial charge in [0.25, 0.3) is 5.91 Å². The van der Waals surface area contributed by atoms with Gasteiger partial charge in [0.2, 0.25) is 0 Å². The van der Waals surface area contributed by atoms with E-state index in [-0.39, 0.29) is 10.9 Å². The van der Waals surface area contributed by atoms with Crippen LogP contribution in [-0.2, 0) is 0 Å². The minimum absolute atomic E-state index is 0.116. The van der Waals surface area contributed by atoms with Gasteiger partial charge in [-0.15, -0.1) is 0 Å². The Morgan fingerprint density at radius 1 is 1.05 bits per heavy atom. The van der Waals surface area contributed by atoms with Gasteiger partial charge in [0.15, 0.2) is 5.11 Å². The Morgan fingerprint density at radius 2 is 1.65 bits per heavy atom. The molecule has 3 N–H and O–H groups in total. The largest absolute Gasteiger partial charge is 0.508 e. The van der Waals surface area contributed by atoms with Crippen LogP contribution in [0.5, 0.6) is 5.75 Å². The van der Waals surface area contributed by atoms with Crippen molar-refractivity contribution in [2.24, 2.45) is 0 Å². The van der Waals surface area contributed by atoms with E-state index in [0.29, 0.717) is 11.3 Å². The normalized spacial score (nSPS) is 9.85. The third kappa shape index (κ3) is 3.76. The zero-order chi connectivity index (χ0) is 14.5. The van der Waals surface area contributed by atoms with Gasteiger partial charge in [-0.05, 0) is 60.7 Å². The summed E-state index contributed by atoms with van der Waals surface area (Å²) in [7, 11) is 0. The third-order valence-corrected chi connectivity index (χ3v) is 2.66. The molecule has 0 saturated carbocycles. The molecule has 2 aromatic carbocycles. The number of carbonyl (C=O) groups excluding carboxylic acids is 1. The van der Waals surface area contributed by atoms with Crippen LogP contribution >= 0.6 is 12.2 Å². The minimum atomic E-state index is -0.429. The third-order valence-electron chi connectivity index (χ3n) is 2.46. The van der Waals surface area contributed by atoms with E-state index >= 15 is 0 Å². The lowest BCUT2D eigenvalue weighted by Gasteiger charge is -2.09. The zero-order valence-corrected chi connectivity index (χ0v) is 11.1. The number of halogens is 1. The molecule has 2 aromatic rings. The molecule has 0 bridgehead atoms. The molecule has 0 saturated heterocycles. The molecule has 0 atom stereocenters. The fourth-order valence-corrected chi connectivity index (χ4v) is 1.69. The smallest absolute Gasteiger partial charge is 0.257 e. The minimum Gasteiger partial charge on any atom is -0.508 e. The van der Waals surface area contributed by atoms with Crippen LogP contribution in [0, 0.1) is 5.82 Å². The summed E-state index contributed by atoms with van der Waals surface area (Å²) in [6, 6.07) is 11.4. The Balaban J connectivity index is 1.95. The van der Waals surface area contributed by atoms with Gasteiger partial charge in [-0.2, -0.15) is 0 Å². The Bertz CT molecular complexity index is 627. The molecule has 0 spiro atoms. The van der Waals surface area contributed by atoms with Crippen LogP contribution in [0.2, 0.25) is 0 Å². The number of benzene rings is 2. The molecule has 0 radical (unpaired) electrons. The van der Waals surface area contributed by atoms with Gasteiger partial charge in [-0.1, -0.05) is 0 Å². The van der Waals surface area contributed by atoms with Gasteiger partial charge in [-0.3, -0.25) is 10.1 Å². The van der Waals surface area contributed by atoms with Crippen LogP contribution < -0.4 is 10.6 Å². The topological polar surface area (TPSA) is 61.4 Å². The van der Waals surface area contributed by atoms with Gasteiger partial charge < -0.3 is 10.4 Å². The SMILES string of the molecule is O=C(NC(=S)Nc1ccc(O)cc1)c1ccc(F)cc1. The molecule has 20 heavy (non-hydrogen) atoms. The molecular formula is C14H11FN2O2S. The number of aromatic hydroxyl groups is 1. The van der Waals surface area contributed by atoms with Gasteiger partial charge in [0.1, 0.15) is 11.6 Å². The quantitative estimate of drug-likeness (QED) is 0.588. The summed E-state index contributed by atoms with van der Waals surface area (Å²) in [5.41, 5.74) is 0.938. The van der Waals surface area contributed by atoms with E-state index in [1.807, 2.05) is 0 Å². The second kappa shape index (κ2) is 6.12. The molecule has 102 valence electrons. The Hall–Kier alpha value is -2.47. The number of thiocarbonyl (C=S) groups is 1. The molecule has 0 aromatic heterocycles. The molecule has 0 unspecified atom stereocenters.